The van der Waals surface area contributed by atoms with E-state index in [0.29, 0.717) is 43.0 Å². The van der Waals surface area contributed by atoms with E-state index in [-0.39, 0.29) is 15.4 Å². The predicted octanol–water partition coefficient (Wildman–Crippen LogP) is 6.35. The highest BCUT2D eigenvalue weighted by molar-refractivity contribution is 7.86. The van der Waals surface area contributed by atoms with Gasteiger partial charge < -0.3 is 19.5 Å². The highest BCUT2D eigenvalue weighted by Gasteiger charge is 2.41. The van der Waals surface area contributed by atoms with Crippen molar-refractivity contribution in [2.24, 2.45) is 4.99 Å². The molecule has 0 bridgehead atoms. The van der Waals surface area contributed by atoms with Crippen LogP contribution in [0.25, 0.3) is 5.57 Å². The van der Waals surface area contributed by atoms with E-state index >= 15 is 0 Å². The number of aromatic carboxylic acids is 1. The van der Waals surface area contributed by atoms with E-state index in [0.717, 1.165) is 60.9 Å². The van der Waals surface area contributed by atoms with Crippen molar-refractivity contribution in [2.75, 3.05) is 32.2 Å². The molecular weight excluding hydrogens is 773 g/mol. The number of aliphatic imine (C=N–C) groups is 1. The molecule has 15 heteroatoms. The lowest BCUT2D eigenvalue weighted by Crippen LogP contribution is -2.49. The number of allylic oxidation sites excluding steroid dienone is 5. The number of aryl methyl sites for hydroxylation is 1. The van der Waals surface area contributed by atoms with Crippen LogP contribution in [0, 0.1) is 6.92 Å². The summed E-state index contributed by atoms with van der Waals surface area (Å²) in [6, 6.07) is 18.4. The zero-order chi connectivity index (χ0) is 40.3. The lowest BCUT2D eigenvalue weighted by Gasteiger charge is -2.39. The molecule has 12 nitrogen and oxygen atoms in total. The second-order valence-corrected chi connectivity index (χ2v) is 21.6. The predicted molar refractivity (Wildman–Crippen MR) is 217 cm³/mol. The summed E-state index contributed by atoms with van der Waals surface area (Å²) in [6.45, 7) is 7.36. The Morgan fingerprint density at radius 3 is 2.18 bits per heavy atom. The van der Waals surface area contributed by atoms with Crippen LogP contribution in [0.3, 0.4) is 0 Å². The van der Waals surface area contributed by atoms with Crippen molar-refractivity contribution < 1.29 is 45.3 Å². The summed E-state index contributed by atoms with van der Waals surface area (Å²) in [7, 11) is -8.29. The maximum atomic E-state index is 12.1. The minimum absolute atomic E-state index is 0.0146. The van der Waals surface area contributed by atoms with E-state index in [2.05, 4.69) is 36.2 Å². The van der Waals surface area contributed by atoms with Crippen LogP contribution < -0.4 is 19.6 Å². The Morgan fingerprint density at radius 2 is 1.54 bits per heavy atom. The summed E-state index contributed by atoms with van der Waals surface area (Å²) in [5.41, 5.74) is 8.24. The van der Waals surface area contributed by atoms with Gasteiger partial charge in [-0.1, -0.05) is 31.3 Å². The van der Waals surface area contributed by atoms with Crippen LogP contribution >= 0.6 is 0 Å². The van der Waals surface area contributed by atoms with Gasteiger partial charge in [0.2, 0.25) is 0 Å². The summed E-state index contributed by atoms with van der Waals surface area (Å²) < 4.78 is 78.3. The molecular formula is C41H40N2O10S2Si. The van der Waals surface area contributed by atoms with E-state index in [1.807, 2.05) is 25.1 Å². The number of hydrogen-bond acceptors (Lipinski definition) is 9. The number of rotatable bonds is 10. The van der Waals surface area contributed by atoms with E-state index in [1.54, 1.807) is 12.1 Å². The van der Waals surface area contributed by atoms with Crippen LogP contribution in [0.15, 0.2) is 111 Å². The molecule has 3 N–H and O–H groups in total. The van der Waals surface area contributed by atoms with Crippen LogP contribution in [0.2, 0.25) is 13.1 Å². The summed E-state index contributed by atoms with van der Waals surface area (Å²) in [5, 5.41) is 12.1. The molecule has 0 radical (unpaired) electrons. The number of anilines is 2. The lowest BCUT2D eigenvalue weighted by atomic mass is 9.88. The molecule has 0 saturated carbocycles. The summed E-state index contributed by atoms with van der Waals surface area (Å²) in [6.07, 6.45) is 7.07. The molecule has 4 aromatic rings. The van der Waals surface area contributed by atoms with Crippen LogP contribution in [0.4, 0.5) is 11.4 Å². The van der Waals surface area contributed by atoms with Gasteiger partial charge in [0, 0.05) is 30.0 Å². The van der Waals surface area contributed by atoms with Crippen molar-refractivity contribution in [2.45, 2.75) is 42.7 Å². The molecule has 0 unspecified atom stereocenters. The average Bonchev–Trinajstić information content (AvgIpc) is 3.58. The molecule has 0 aromatic heterocycles. The molecule has 56 heavy (non-hydrogen) atoms. The summed E-state index contributed by atoms with van der Waals surface area (Å²) in [4.78, 5) is 18.8. The summed E-state index contributed by atoms with van der Waals surface area (Å²) >= 11 is 0. The normalized spacial score (nSPS) is 16.7. The standard InChI is InChI=1S/C41H40N2O10S2Si/c1-24-6-9-30(54(46,47)48)18-25(24)14-16-42-28-7-11-32-37(22-28)56(4,5)38-23-29(43-17-15-26-19-31(55(49,50)51)10-13-34(26)43)8-12-33(38)39(32)40-35(52-2)20-27(41(44)45)21-36(40)53-3/h6-13,18-23H,14-17H2,1-5H3,(H,44,45)(H,46,47,48)(H,49,50,51). The topological polar surface area (TPSA) is 180 Å². The van der Waals surface area contributed by atoms with Crippen LogP contribution in [0.1, 0.15) is 38.2 Å². The number of ether oxygens (including phenoxy) is 2. The molecule has 0 saturated heterocycles. The Balaban J connectivity index is 1.37. The van der Waals surface area contributed by atoms with Gasteiger partial charge in [0.25, 0.3) is 20.2 Å². The molecule has 4 aromatic carbocycles. The molecule has 0 atom stereocenters. The van der Waals surface area contributed by atoms with Gasteiger partial charge in [0.1, 0.15) is 19.6 Å². The first kappa shape index (κ1) is 38.9. The minimum Gasteiger partial charge on any atom is -0.496 e. The molecule has 2 heterocycles. The Kier molecular flexibility index (Phi) is 9.95. The smallest absolute Gasteiger partial charge is 0.335 e. The second kappa shape index (κ2) is 14.3. The maximum Gasteiger partial charge on any atom is 0.335 e. The molecule has 3 aliphatic rings. The highest BCUT2D eigenvalue weighted by Crippen LogP contribution is 2.48. The zero-order valence-corrected chi connectivity index (χ0v) is 34.0. The van der Waals surface area contributed by atoms with Crippen molar-refractivity contribution in [1.29, 1.82) is 0 Å². The van der Waals surface area contributed by atoms with Gasteiger partial charge in [-0.05, 0) is 125 Å². The van der Waals surface area contributed by atoms with Crippen molar-refractivity contribution in [1.82, 2.24) is 0 Å². The molecule has 7 rings (SSSR count). The van der Waals surface area contributed by atoms with Crippen LogP contribution in [-0.4, -0.2) is 78.1 Å². The maximum absolute atomic E-state index is 12.1. The van der Waals surface area contributed by atoms with E-state index < -0.39 is 34.3 Å². The van der Waals surface area contributed by atoms with Crippen LogP contribution in [0.5, 0.6) is 11.5 Å². The Hall–Kier alpha value is -5.32. The number of benzene rings is 4. The first-order chi connectivity index (χ1) is 26.4. The molecule has 290 valence electrons. The SMILES string of the molecule is COc1cc(C(=O)O)cc(OC)c1C1=C2C=CC(=NCCc3cc(S(=O)(=O)O)ccc3C)C=C2[Si](C)(C)c2cc(N3CCc4cc(S(=O)(=O)O)ccc43)ccc21. The number of carboxylic acids is 1. The average molecular weight is 813 g/mol. The second-order valence-electron chi connectivity index (χ2n) is 14.4. The van der Waals surface area contributed by atoms with Gasteiger partial charge >= 0.3 is 5.97 Å². The van der Waals surface area contributed by atoms with E-state index in [1.165, 1.54) is 50.6 Å². The lowest BCUT2D eigenvalue weighted by molar-refractivity contribution is 0.0696. The minimum atomic E-state index is -4.35. The Labute approximate surface area is 326 Å². The monoisotopic (exact) mass is 812 g/mol. The molecule has 0 fully saturated rings. The van der Waals surface area contributed by atoms with Gasteiger partial charge in [-0.2, -0.15) is 16.8 Å². The van der Waals surface area contributed by atoms with Gasteiger partial charge in [-0.3, -0.25) is 14.1 Å². The Bertz CT molecular complexity index is 2670. The zero-order valence-electron chi connectivity index (χ0n) is 31.3. The molecule has 1 aliphatic carbocycles. The number of carbonyl (C=O) groups is 1. The fourth-order valence-corrected chi connectivity index (χ4v) is 12.0. The number of nitrogens with zero attached hydrogens (tertiary/aromatic N) is 2. The van der Waals surface area contributed by atoms with Crippen molar-refractivity contribution in [3.05, 3.63) is 129 Å². The third kappa shape index (κ3) is 7.01. The van der Waals surface area contributed by atoms with Gasteiger partial charge in [0.05, 0.1) is 40.8 Å². The largest absolute Gasteiger partial charge is 0.496 e. The van der Waals surface area contributed by atoms with Crippen molar-refractivity contribution in [3.63, 3.8) is 0 Å². The summed E-state index contributed by atoms with van der Waals surface area (Å²) in [5.74, 6) is -0.460. The van der Waals surface area contributed by atoms with Gasteiger partial charge in [0.15, 0.2) is 0 Å². The first-order valence-corrected chi connectivity index (χ1v) is 23.6. The van der Waals surface area contributed by atoms with E-state index in [4.69, 9.17) is 14.5 Å². The van der Waals surface area contributed by atoms with E-state index in [9.17, 15) is 35.8 Å². The first-order valence-electron chi connectivity index (χ1n) is 17.7. The third-order valence-corrected chi connectivity index (χ3v) is 16.0. The third-order valence-electron chi connectivity index (χ3n) is 10.7. The van der Waals surface area contributed by atoms with Gasteiger partial charge in [-0.15, -0.1) is 0 Å². The number of hydrogen-bond donors (Lipinski definition) is 3. The Morgan fingerprint density at radius 1 is 0.875 bits per heavy atom. The number of methoxy groups -OCH3 is 2. The van der Waals surface area contributed by atoms with Crippen molar-refractivity contribution >= 4 is 62.1 Å². The quantitative estimate of drug-likeness (QED) is 0.120. The highest BCUT2D eigenvalue weighted by atomic mass is 32.2. The fourth-order valence-electron chi connectivity index (χ4n) is 7.83. The fraction of sp³-hybridized carbons (Fsp3) is 0.220. The molecule has 0 amide bonds. The molecule has 0 spiro atoms. The van der Waals surface area contributed by atoms with Crippen LogP contribution in [-0.2, 0) is 33.1 Å². The molecule has 2 aliphatic heterocycles. The van der Waals surface area contributed by atoms with Gasteiger partial charge in [-0.25, -0.2) is 4.79 Å². The number of fused-ring (bicyclic) bond motifs is 3. The number of carboxylic acid groups (broad SMARTS) is 1. The van der Waals surface area contributed by atoms with Crippen molar-refractivity contribution in [3.8, 4) is 11.5 Å².